The summed E-state index contributed by atoms with van der Waals surface area (Å²) in [4.78, 5) is 12.6. The third-order valence-electron chi connectivity index (χ3n) is 3.27. The molecule has 0 aromatic rings. The molecule has 23 heavy (non-hydrogen) atoms. The van der Waals surface area contributed by atoms with E-state index in [0.717, 1.165) is 12.0 Å². The van der Waals surface area contributed by atoms with Crippen LogP contribution in [0, 0.1) is 0 Å². The highest BCUT2D eigenvalue weighted by Crippen LogP contribution is 2.60. The minimum Gasteiger partial charge on any atom is -0.545 e. The van der Waals surface area contributed by atoms with Crippen LogP contribution in [0.3, 0.4) is 0 Å². The average molecular weight is 399 g/mol. The predicted octanol–water partition coefficient (Wildman–Crippen LogP) is 4.84. The molecular weight excluding hydrogens is 371 g/mol. The summed E-state index contributed by atoms with van der Waals surface area (Å²) in [5, 5.41) is 0. The van der Waals surface area contributed by atoms with E-state index in [0.29, 0.717) is 12.2 Å². The van der Waals surface area contributed by atoms with Gasteiger partial charge in [0.05, 0.1) is 7.11 Å². The number of methoxy groups -OCH3 is 1. The smallest absolute Gasteiger partial charge is 0.345 e. The van der Waals surface area contributed by atoms with Gasteiger partial charge in [-0.3, -0.25) is 0 Å². The molecule has 0 bridgehead atoms. The van der Waals surface area contributed by atoms with Crippen molar-refractivity contribution in [3.8, 4) is 0 Å². The quantitative estimate of drug-likeness (QED) is 0.349. The second-order valence-corrected chi connectivity index (χ2v) is 17.9. The molecule has 0 heterocycles. The number of rotatable bonds is 7. The van der Waals surface area contributed by atoms with Gasteiger partial charge in [-0.05, 0) is 45.7 Å². The van der Waals surface area contributed by atoms with Gasteiger partial charge in [-0.2, -0.15) is 0 Å². The molecule has 134 valence electrons. The van der Waals surface area contributed by atoms with E-state index in [9.17, 15) is 4.79 Å². The fraction of sp³-hybridized carbons (Fsp3) is 0.800. The summed E-state index contributed by atoms with van der Waals surface area (Å²) < 4.78 is 15.8. The first kappa shape index (κ1) is 21.0. The van der Waals surface area contributed by atoms with Gasteiger partial charge in [0, 0.05) is 5.57 Å². The zero-order valence-corrected chi connectivity index (χ0v) is 18.8. The summed E-state index contributed by atoms with van der Waals surface area (Å²) in [5.41, 5.74) is -0.748. The number of ether oxygens (including phenoxy) is 1. The third-order valence-corrected chi connectivity index (χ3v) is 5.88. The molecule has 0 aromatic carbocycles. The van der Waals surface area contributed by atoms with Crippen molar-refractivity contribution in [2.75, 3.05) is 7.11 Å². The van der Waals surface area contributed by atoms with Gasteiger partial charge in [0.2, 0.25) is 18.3 Å². The summed E-state index contributed by atoms with van der Waals surface area (Å²) in [6, 6.07) is 0. The third kappa shape index (κ3) is 3.98. The molecule has 0 aliphatic heterocycles. The van der Waals surface area contributed by atoms with Crippen molar-refractivity contribution in [2.24, 2.45) is 0 Å². The van der Waals surface area contributed by atoms with Gasteiger partial charge in [0.1, 0.15) is 5.76 Å². The first-order valence-electron chi connectivity index (χ1n) is 7.82. The zero-order chi connectivity index (χ0) is 18.3. The van der Waals surface area contributed by atoms with Crippen molar-refractivity contribution in [1.29, 1.82) is 0 Å². The molecule has 0 saturated carbocycles. The SMILES string of the molecule is CCCC1=C(O[Si](C)(C)C)C(Cl)(Cl)C1(O[Si](C)(C)C)C(=O)OC. The fourth-order valence-electron chi connectivity index (χ4n) is 2.63. The van der Waals surface area contributed by atoms with Crippen molar-refractivity contribution in [3.63, 3.8) is 0 Å². The highest BCUT2D eigenvalue weighted by molar-refractivity contribution is 6.71. The molecule has 0 saturated heterocycles. The summed E-state index contributed by atoms with van der Waals surface area (Å²) in [7, 11) is -2.75. The lowest BCUT2D eigenvalue weighted by molar-refractivity contribution is -0.160. The van der Waals surface area contributed by atoms with Gasteiger partial charge in [-0.15, -0.1) is 0 Å². The largest absolute Gasteiger partial charge is 0.545 e. The van der Waals surface area contributed by atoms with Gasteiger partial charge in [-0.25, -0.2) is 4.79 Å². The Balaban J connectivity index is 3.52. The van der Waals surface area contributed by atoms with Crippen LogP contribution in [0.25, 0.3) is 0 Å². The first-order chi connectivity index (χ1) is 10.2. The number of carbonyl (C=O) groups excluding carboxylic acids is 1. The summed E-state index contributed by atoms with van der Waals surface area (Å²) in [6.07, 6.45) is 1.45. The molecule has 0 aromatic heterocycles. The van der Waals surface area contributed by atoms with Gasteiger partial charge in [-0.1, -0.05) is 36.5 Å². The first-order valence-corrected chi connectivity index (χ1v) is 15.4. The molecule has 0 amide bonds. The number of hydrogen-bond acceptors (Lipinski definition) is 4. The lowest BCUT2D eigenvalue weighted by Crippen LogP contribution is -2.69. The Hall–Kier alpha value is -0.0162. The molecule has 0 radical (unpaired) electrons. The minimum absolute atomic E-state index is 0.477. The molecule has 0 N–H and O–H groups in total. The van der Waals surface area contributed by atoms with Crippen molar-refractivity contribution in [2.45, 2.75) is 69.0 Å². The normalized spacial score (nSPS) is 24.3. The highest BCUT2D eigenvalue weighted by atomic mass is 35.5. The molecule has 0 spiro atoms. The maximum atomic E-state index is 12.6. The van der Waals surface area contributed by atoms with E-state index in [1.54, 1.807) is 0 Å². The Morgan fingerprint density at radius 1 is 1.09 bits per heavy atom. The van der Waals surface area contributed by atoms with E-state index in [1.807, 2.05) is 46.2 Å². The van der Waals surface area contributed by atoms with E-state index >= 15 is 0 Å². The summed E-state index contributed by atoms with van der Waals surface area (Å²) in [6.45, 7) is 14.1. The van der Waals surface area contributed by atoms with Crippen molar-refractivity contribution in [3.05, 3.63) is 11.3 Å². The van der Waals surface area contributed by atoms with Gasteiger partial charge in [0.25, 0.3) is 0 Å². The standard InChI is InChI=1S/C15H28Cl2O4Si2/c1-9-10-11-12(20-22(3,4)5)15(16,17)14(11,13(18)19-2)21-23(6,7)8/h9-10H2,1-8H3. The van der Waals surface area contributed by atoms with E-state index < -0.39 is 32.5 Å². The summed E-state index contributed by atoms with van der Waals surface area (Å²) >= 11 is 13.2. The monoisotopic (exact) mass is 398 g/mol. The molecule has 4 nitrogen and oxygen atoms in total. The maximum Gasteiger partial charge on any atom is 0.345 e. The molecule has 1 unspecified atom stereocenters. The van der Waals surface area contributed by atoms with Crippen LogP contribution in [0.5, 0.6) is 0 Å². The van der Waals surface area contributed by atoms with Crippen LogP contribution in [-0.4, -0.2) is 39.6 Å². The Morgan fingerprint density at radius 2 is 1.61 bits per heavy atom. The van der Waals surface area contributed by atoms with E-state index in [1.165, 1.54) is 7.11 Å². The molecular formula is C15H28Cl2O4Si2. The molecule has 1 aliphatic carbocycles. The Bertz CT molecular complexity index is 507. The van der Waals surface area contributed by atoms with E-state index in [-0.39, 0.29) is 0 Å². The lowest BCUT2D eigenvalue weighted by Gasteiger charge is -2.54. The zero-order valence-electron chi connectivity index (χ0n) is 15.3. The Labute approximate surface area is 151 Å². The average Bonchev–Trinajstić information content (AvgIpc) is 2.37. The van der Waals surface area contributed by atoms with Crippen molar-refractivity contribution < 1.29 is 18.4 Å². The fourth-order valence-corrected chi connectivity index (χ4v) is 5.82. The minimum atomic E-state index is -2.14. The predicted molar refractivity (Wildman–Crippen MR) is 100.0 cm³/mol. The highest BCUT2D eigenvalue weighted by Gasteiger charge is 2.72. The van der Waals surface area contributed by atoms with E-state index in [2.05, 4.69) is 0 Å². The van der Waals surface area contributed by atoms with E-state index in [4.69, 9.17) is 36.8 Å². The molecule has 1 atom stereocenters. The van der Waals surface area contributed by atoms with Crippen LogP contribution < -0.4 is 0 Å². The topological polar surface area (TPSA) is 44.8 Å². The number of carbonyl (C=O) groups is 1. The Kier molecular flexibility index (Phi) is 6.13. The second-order valence-electron chi connectivity index (χ2n) is 7.73. The molecule has 1 aliphatic rings. The van der Waals surface area contributed by atoms with Crippen LogP contribution in [0.4, 0.5) is 0 Å². The Morgan fingerprint density at radius 3 is 1.96 bits per heavy atom. The van der Waals surface area contributed by atoms with Gasteiger partial charge < -0.3 is 13.6 Å². The van der Waals surface area contributed by atoms with Crippen LogP contribution in [0.2, 0.25) is 39.3 Å². The van der Waals surface area contributed by atoms with Crippen molar-refractivity contribution in [1.82, 2.24) is 0 Å². The number of halogens is 2. The molecule has 1 rings (SSSR count). The maximum absolute atomic E-state index is 12.6. The number of hydrogen-bond donors (Lipinski definition) is 0. The van der Waals surface area contributed by atoms with Crippen LogP contribution >= 0.6 is 23.2 Å². The molecule has 0 fully saturated rings. The van der Waals surface area contributed by atoms with Crippen LogP contribution in [0.15, 0.2) is 11.3 Å². The van der Waals surface area contributed by atoms with Gasteiger partial charge >= 0.3 is 5.97 Å². The molecule has 8 heteroatoms. The van der Waals surface area contributed by atoms with Crippen molar-refractivity contribution >= 4 is 45.8 Å². The van der Waals surface area contributed by atoms with Gasteiger partial charge in [0.15, 0.2) is 8.32 Å². The van der Waals surface area contributed by atoms with Crippen LogP contribution in [-0.2, 0) is 18.4 Å². The van der Waals surface area contributed by atoms with Crippen LogP contribution in [0.1, 0.15) is 19.8 Å². The second kappa shape index (κ2) is 6.71. The number of esters is 1. The lowest BCUT2D eigenvalue weighted by atomic mass is 9.74. The number of alkyl halides is 2. The summed E-state index contributed by atoms with van der Waals surface area (Å²) in [5.74, 6) is -0.0817.